The monoisotopic (exact) mass is 355 g/mol. The van der Waals surface area contributed by atoms with Crippen LogP contribution in [-0.2, 0) is 4.79 Å². The number of nitrogens with one attached hydrogen (secondary N) is 1. The zero-order valence-corrected chi connectivity index (χ0v) is 15.3. The largest absolute Gasteiger partial charge is 0.342 e. The number of halogens is 1. The van der Waals surface area contributed by atoms with E-state index in [0.717, 1.165) is 25.9 Å². The third-order valence-electron chi connectivity index (χ3n) is 4.92. The van der Waals surface area contributed by atoms with Crippen molar-refractivity contribution in [3.05, 3.63) is 18.0 Å². The van der Waals surface area contributed by atoms with Crippen LogP contribution in [0.2, 0.25) is 0 Å². The molecule has 7 nitrogen and oxygen atoms in total. The van der Waals surface area contributed by atoms with E-state index in [0.29, 0.717) is 24.8 Å². The lowest BCUT2D eigenvalue weighted by atomic mass is 9.97. The molecule has 134 valence electrons. The van der Waals surface area contributed by atoms with Gasteiger partial charge in [-0.05, 0) is 39.3 Å². The van der Waals surface area contributed by atoms with Gasteiger partial charge in [0.15, 0.2) is 0 Å². The average molecular weight is 356 g/mol. The van der Waals surface area contributed by atoms with Gasteiger partial charge >= 0.3 is 0 Å². The van der Waals surface area contributed by atoms with Gasteiger partial charge in [0.2, 0.25) is 5.91 Å². The number of piperazine rings is 1. The number of carbonyl (C=O) groups is 2. The van der Waals surface area contributed by atoms with Crippen LogP contribution in [-0.4, -0.2) is 70.2 Å². The Balaban J connectivity index is 0.00000208. The van der Waals surface area contributed by atoms with Gasteiger partial charge in [-0.1, -0.05) is 0 Å². The van der Waals surface area contributed by atoms with E-state index in [1.165, 1.54) is 0 Å². The van der Waals surface area contributed by atoms with Crippen molar-refractivity contribution in [2.45, 2.75) is 38.3 Å². The summed E-state index contributed by atoms with van der Waals surface area (Å²) in [6.07, 6.45) is 4.06. The van der Waals surface area contributed by atoms with E-state index in [2.05, 4.69) is 10.4 Å². The Labute approximate surface area is 148 Å². The van der Waals surface area contributed by atoms with E-state index in [1.54, 1.807) is 36.8 Å². The van der Waals surface area contributed by atoms with Crippen molar-refractivity contribution >= 4 is 24.2 Å². The maximum Gasteiger partial charge on any atom is 0.275 e. The van der Waals surface area contributed by atoms with Gasteiger partial charge < -0.3 is 15.1 Å². The molecule has 1 unspecified atom stereocenters. The second-order valence-corrected chi connectivity index (χ2v) is 6.92. The Kier molecular flexibility index (Phi) is 5.55. The van der Waals surface area contributed by atoms with E-state index >= 15 is 0 Å². The zero-order valence-electron chi connectivity index (χ0n) is 14.5. The highest BCUT2D eigenvalue weighted by atomic mass is 35.5. The van der Waals surface area contributed by atoms with Crippen LogP contribution < -0.4 is 5.32 Å². The summed E-state index contributed by atoms with van der Waals surface area (Å²) in [5.74, 6) is -0.202. The third-order valence-corrected chi connectivity index (χ3v) is 4.92. The maximum atomic E-state index is 12.8. The van der Waals surface area contributed by atoms with Crippen molar-refractivity contribution in [1.82, 2.24) is 24.9 Å². The molecule has 0 aliphatic carbocycles. The molecule has 1 aromatic rings. The smallest absolute Gasteiger partial charge is 0.275 e. The Morgan fingerprint density at radius 1 is 1.38 bits per heavy atom. The van der Waals surface area contributed by atoms with Crippen LogP contribution in [0.5, 0.6) is 0 Å². The summed E-state index contributed by atoms with van der Waals surface area (Å²) in [5.41, 5.74) is -0.415. The number of nitrogens with zero attached hydrogens (tertiary/aromatic N) is 4. The maximum absolute atomic E-state index is 12.8. The first-order valence-electron chi connectivity index (χ1n) is 8.24. The molecular weight excluding hydrogens is 330 g/mol. The van der Waals surface area contributed by atoms with Crippen LogP contribution in [0.25, 0.3) is 0 Å². The molecule has 2 aliphatic rings. The van der Waals surface area contributed by atoms with Crippen LogP contribution in [0.3, 0.4) is 0 Å². The van der Waals surface area contributed by atoms with Crippen molar-refractivity contribution in [2.24, 2.45) is 0 Å². The van der Waals surface area contributed by atoms with Gasteiger partial charge in [-0.3, -0.25) is 14.3 Å². The fraction of sp³-hybridized carbons (Fsp3) is 0.688. The van der Waals surface area contributed by atoms with Crippen LogP contribution in [0.1, 0.15) is 43.2 Å². The molecule has 1 aromatic heterocycles. The Morgan fingerprint density at radius 2 is 2.12 bits per heavy atom. The minimum atomic E-state index is -0.833. The number of amides is 2. The molecule has 8 heteroatoms. The third kappa shape index (κ3) is 3.28. The van der Waals surface area contributed by atoms with E-state index in [-0.39, 0.29) is 24.2 Å². The van der Waals surface area contributed by atoms with E-state index < -0.39 is 5.54 Å². The first-order valence-corrected chi connectivity index (χ1v) is 8.24. The number of hydrogen-bond acceptors (Lipinski definition) is 4. The number of carbonyl (C=O) groups excluding carboxylic acids is 2. The Hall–Kier alpha value is -1.60. The second kappa shape index (κ2) is 7.11. The normalized spacial score (nSPS) is 23.8. The highest BCUT2D eigenvalue weighted by Crippen LogP contribution is 2.24. The minimum absolute atomic E-state index is 0. The van der Waals surface area contributed by atoms with Crippen molar-refractivity contribution in [3.63, 3.8) is 0 Å². The molecule has 2 amide bonds. The van der Waals surface area contributed by atoms with Crippen LogP contribution in [0, 0.1) is 0 Å². The van der Waals surface area contributed by atoms with E-state index in [9.17, 15) is 9.59 Å². The van der Waals surface area contributed by atoms with Crippen LogP contribution in [0.4, 0.5) is 0 Å². The summed E-state index contributed by atoms with van der Waals surface area (Å²) < 4.78 is 1.88. The van der Waals surface area contributed by atoms with Gasteiger partial charge in [0.25, 0.3) is 5.91 Å². The molecule has 3 rings (SSSR count). The summed E-state index contributed by atoms with van der Waals surface area (Å²) >= 11 is 0. The van der Waals surface area contributed by atoms with Crippen LogP contribution >= 0.6 is 12.4 Å². The molecule has 2 saturated heterocycles. The Morgan fingerprint density at radius 3 is 2.79 bits per heavy atom. The summed E-state index contributed by atoms with van der Waals surface area (Å²) in [5, 5.41) is 7.83. The quantitative estimate of drug-likeness (QED) is 0.856. The van der Waals surface area contributed by atoms with Crippen molar-refractivity contribution in [1.29, 1.82) is 0 Å². The SMILES string of the molecule is CN1CCN(C(=O)c2ccn(C3CCCNC3)n2)C(C)(C)C1=O.Cl. The number of hydrogen-bond donors (Lipinski definition) is 1. The molecule has 0 bridgehead atoms. The summed E-state index contributed by atoms with van der Waals surface area (Å²) in [6.45, 7) is 6.61. The number of likely N-dealkylation sites (N-methyl/N-ethyl adjacent to an activating group) is 1. The molecule has 0 aromatic carbocycles. The molecule has 0 spiro atoms. The lowest BCUT2D eigenvalue weighted by molar-refractivity contribution is -0.144. The highest BCUT2D eigenvalue weighted by Gasteiger charge is 2.43. The number of rotatable bonds is 2. The molecule has 2 fully saturated rings. The van der Waals surface area contributed by atoms with E-state index in [4.69, 9.17) is 0 Å². The topological polar surface area (TPSA) is 70.5 Å². The summed E-state index contributed by atoms with van der Waals surface area (Å²) in [4.78, 5) is 28.5. The molecule has 3 heterocycles. The minimum Gasteiger partial charge on any atom is -0.342 e. The Bertz CT molecular complexity index is 609. The van der Waals surface area contributed by atoms with Crippen LogP contribution in [0.15, 0.2) is 12.3 Å². The van der Waals surface area contributed by atoms with Gasteiger partial charge in [-0.25, -0.2) is 0 Å². The van der Waals surface area contributed by atoms with Gasteiger partial charge in [-0.2, -0.15) is 5.10 Å². The van der Waals surface area contributed by atoms with Gasteiger partial charge in [0.05, 0.1) is 6.04 Å². The molecule has 24 heavy (non-hydrogen) atoms. The lowest BCUT2D eigenvalue weighted by Crippen LogP contribution is -2.63. The van der Waals surface area contributed by atoms with Gasteiger partial charge in [0, 0.05) is 32.9 Å². The fourth-order valence-corrected chi connectivity index (χ4v) is 3.42. The summed E-state index contributed by atoms with van der Waals surface area (Å²) in [6, 6.07) is 2.06. The molecular formula is C16H26ClN5O2. The predicted octanol–water partition coefficient (Wildman–Crippen LogP) is 0.922. The highest BCUT2D eigenvalue weighted by molar-refractivity contribution is 5.98. The fourth-order valence-electron chi connectivity index (χ4n) is 3.42. The van der Waals surface area contributed by atoms with E-state index in [1.807, 2.05) is 10.9 Å². The molecule has 1 N–H and O–H groups in total. The average Bonchev–Trinajstić information content (AvgIpc) is 3.03. The second-order valence-electron chi connectivity index (χ2n) is 6.92. The lowest BCUT2D eigenvalue weighted by Gasteiger charge is -2.44. The van der Waals surface area contributed by atoms with Gasteiger partial charge in [-0.15, -0.1) is 12.4 Å². The number of aromatic nitrogens is 2. The van der Waals surface area contributed by atoms with Crippen molar-refractivity contribution in [2.75, 3.05) is 33.2 Å². The molecule has 0 radical (unpaired) electrons. The molecule has 2 aliphatic heterocycles. The molecule has 0 saturated carbocycles. The predicted molar refractivity (Wildman–Crippen MR) is 93.4 cm³/mol. The summed E-state index contributed by atoms with van der Waals surface area (Å²) in [7, 11) is 1.77. The van der Waals surface area contributed by atoms with Crippen molar-refractivity contribution < 1.29 is 9.59 Å². The first-order chi connectivity index (χ1) is 10.9. The number of piperidine rings is 1. The first kappa shape index (κ1) is 18.7. The standard InChI is InChI=1S/C16H25N5O2.ClH/c1-16(2)15(23)19(3)9-10-20(16)14(22)13-6-8-21(18-13)12-5-4-7-17-11-12;/h6,8,12,17H,4-5,7,9-11H2,1-3H3;1H. The van der Waals surface area contributed by atoms with Crippen molar-refractivity contribution in [3.8, 4) is 0 Å². The zero-order chi connectivity index (χ0) is 16.6. The molecule has 1 atom stereocenters. The van der Waals surface area contributed by atoms with Gasteiger partial charge in [0.1, 0.15) is 11.2 Å².